The quantitative estimate of drug-likeness (QED) is 0.934. The standard InChI is InChI=1S/C12H11F3N2O2/c1-7-9(3-5-11(18)19)17-6-8(12(13,14)15)2-4-10(17)16-7/h2,4,6H,3,5H2,1H3,(H,18,19). The molecule has 0 aromatic carbocycles. The molecule has 2 heterocycles. The molecule has 0 unspecified atom stereocenters. The van der Waals surface area contributed by atoms with Crippen molar-refractivity contribution in [3.8, 4) is 0 Å². The fourth-order valence-corrected chi connectivity index (χ4v) is 1.91. The lowest BCUT2D eigenvalue weighted by molar-refractivity contribution is -0.138. The van der Waals surface area contributed by atoms with E-state index in [1.807, 2.05) is 0 Å². The third-order valence-electron chi connectivity index (χ3n) is 2.82. The van der Waals surface area contributed by atoms with E-state index in [9.17, 15) is 18.0 Å². The number of carboxylic acids is 1. The minimum absolute atomic E-state index is 0.143. The number of hydrogen-bond acceptors (Lipinski definition) is 2. The van der Waals surface area contributed by atoms with Crippen LogP contribution in [0.1, 0.15) is 23.4 Å². The van der Waals surface area contributed by atoms with E-state index in [1.165, 1.54) is 10.5 Å². The number of aryl methyl sites for hydroxylation is 2. The Morgan fingerprint density at radius 2 is 2.11 bits per heavy atom. The lowest BCUT2D eigenvalue weighted by Crippen LogP contribution is -2.07. The van der Waals surface area contributed by atoms with E-state index in [4.69, 9.17) is 5.11 Å². The second kappa shape index (κ2) is 4.56. The molecule has 102 valence electrons. The number of halogens is 3. The molecule has 7 heteroatoms. The van der Waals surface area contributed by atoms with Crippen LogP contribution in [0.2, 0.25) is 0 Å². The second-order valence-corrected chi connectivity index (χ2v) is 4.18. The number of carbonyl (C=O) groups is 1. The van der Waals surface area contributed by atoms with Gasteiger partial charge in [-0.3, -0.25) is 4.79 Å². The van der Waals surface area contributed by atoms with Crippen LogP contribution in [0.25, 0.3) is 5.65 Å². The predicted molar refractivity (Wildman–Crippen MR) is 60.9 cm³/mol. The van der Waals surface area contributed by atoms with Crippen molar-refractivity contribution in [1.82, 2.24) is 9.38 Å². The molecule has 0 aliphatic carbocycles. The van der Waals surface area contributed by atoms with Crippen molar-refractivity contribution in [2.24, 2.45) is 0 Å². The highest BCUT2D eigenvalue weighted by atomic mass is 19.4. The van der Waals surface area contributed by atoms with Crippen LogP contribution in [0, 0.1) is 6.92 Å². The monoisotopic (exact) mass is 272 g/mol. The van der Waals surface area contributed by atoms with Crippen LogP contribution in [0.3, 0.4) is 0 Å². The molecule has 0 spiro atoms. The van der Waals surface area contributed by atoms with E-state index in [-0.39, 0.29) is 12.8 Å². The van der Waals surface area contributed by atoms with Crippen LogP contribution in [0.5, 0.6) is 0 Å². The van der Waals surface area contributed by atoms with E-state index in [0.29, 0.717) is 17.0 Å². The van der Waals surface area contributed by atoms with Crippen LogP contribution in [-0.2, 0) is 17.4 Å². The summed E-state index contributed by atoms with van der Waals surface area (Å²) in [6.07, 6.45) is -3.49. The van der Waals surface area contributed by atoms with Crippen LogP contribution < -0.4 is 0 Å². The Morgan fingerprint density at radius 3 is 2.68 bits per heavy atom. The van der Waals surface area contributed by atoms with E-state index >= 15 is 0 Å². The van der Waals surface area contributed by atoms with Gasteiger partial charge in [0.05, 0.1) is 17.7 Å². The lowest BCUT2D eigenvalue weighted by Gasteiger charge is -2.08. The number of rotatable bonds is 3. The number of hydrogen-bond donors (Lipinski definition) is 1. The van der Waals surface area contributed by atoms with Gasteiger partial charge in [0.25, 0.3) is 0 Å². The average Bonchev–Trinajstić information content (AvgIpc) is 2.59. The number of aliphatic carboxylic acids is 1. The molecule has 0 saturated carbocycles. The summed E-state index contributed by atoms with van der Waals surface area (Å²) in [6, 6.07) is 2.24. The van der Waals surface area contributed by atoms with Gasteiger partial charge in [-0.1, -0.05) is 0 Å². The van der Waals surface area contributed by atoms with E-state index in [1.54, 1.807) is 6.92 Å². The molecule has 2 aromatic heterocycles. The second-order valence-electron chi connectivity index (χ2n) is 4.18. The number of alkyl halides is 3. The molecular formula is C12H11F3N2O2. The Hall–Kier alpha value is -2.05. The fourth-order valence-electron chi connectivity index (χ4n) is 1.91. The number of carboxylic acid groups (broad SMARTS) is 1. The molecule has 0 saturated heterocycles. The maximum atomic E-state index is 12.6. The smallest absolute Gasteiger partial charge is 0.417 e. The van der Waals surface area contributed by atoms with Crippen molar-refractivity contribution >= 4 is 11.6 Å². The maximum absolute atomic E-state index is 12.6. The zero-order chi connectivity index (χ0) is 14.2. The summed E-state index contributed by atoms with van der Waals surface area (Å²) >= 11 is 0. The van der Waals surface area contributed by atoms with Gasteiger partial charge in [0, 0.05) is 18.3 Å². The maximum Gasteiger partial charge on any atom is 0.417 e. The lowest BCUT2D eigenvalue weighted by atomic mass is 10.2. The van der Waals surface area contributed by atoms with Gasteiger partial charge in [-0.05, 0) is 19.1 Å². The van der Waals surface area contributed by atoms with Crippen molar-refractivity contribution < 1.29 is 23.1 Å². The predicted octanol–water partition coefficient (Wildman–Crippen LogP) is 2.68. The number of imidazole rings is 1. The molecule has 2 rings (SSSR count). The van der Waals surface area contributed by atoms with Gasteiger partial charge in [-0.2, -0.15) is 13.2 Å². The minimum atomic E-state index is -4.43. The zero-order valence-corrected chi connectivity index (χ0v) is 10.0. The Balaban J connectivity index is 2.50. The van der Waals surface area contributed by atoms with Crippen LogP contribution >= 0.6 is 0 Å². The summed E-state index contributed by atoms with van der Waals surface area (Å²) in [5.74, 6) is -0.999. The van der Waals surface area contributed by atoms with Crippen LogP contribution in [-0.4, -0.2) is 20.5 Å². The summed E-state index contributed by atoms with van der Waals surface area (Å²) in [6.45, 7) is 1.65. The summed E-state index contributed by atoms with van der Waals surface area (Å²) < 4.78 is 39.2. The van der Waals surface area contributed by atoms with Crippen molar-refractivity contribution in [3.05, 3.63) is 35.3 Å². The van der Waals surface area contributed by atoms with Crippen molar-refractivity contribution in [3.63, 3.8) is 0 Å². The van der Waals surface area contributed by atoms with Gasteiger partial charge in [-0.25, -0.2) is 4.98 Å². The van der Waals surface area contributed by atoms with Gasteiger partial charge in [-0.15, -0.1) is 0 Å². The van der Waals surface area contributed by atoms with Crippen LogP contribution in [0.15, 0.2) is 18.3 Å². The largest absolute Gasteiger partial charge is 0.481 e. The van der Waals surface area contributed by atoms with Gasteiger partial charge >= 0.3 is 12.1 Å². The number of fused-ring (bicyclic) bond motifs is 1. The average molecular weight is 272 g/mol. The summed E-state index contributed by atoms with van der Waals surface area (Å²) in [4.78, 5) is 14.7. The number of nitrogens with zero attached hydrogens (tertiary/aromatic N) is 2. The third kappa shape index (κ3) is 2.69. The molecule has 0 atom stereocenters. The highest BCUT2D eigenvalue weighted by molar-refractivity contribution is 5.67. The first-order chi connectivity index (χ1) is 8.79. The summed E-state index contributed by atoms with van der Waals surface area (Å²) in [5.41, 5.74) is 0.629. The Morgan fingerprint density at radius 1 is 1.42 bits per heavy atom. The summed E-state index contributed by atoms with van der Waals surface area (Å²) in [5, 5.41) is 8.65. The molecule has 0 bridgehead atoms. The molecule has 0 fully saturated rings. The van der Waals surface area contributed by atoms with Gasteiger partial charge in [0.2, 0.25) is 0 Å². The highest BCUT2D eigenvalue weighted by Gasteiger charge is 2.31. The molecule has 4 nitrogen and oxygen atoms in total. The first kappa shape index (κ1) is 13.4. The molecule has 1 N–H and O–H groups in total. The van der Waals surface area contributed by atoms with E-state index in [2.05, 4.69) is 4.98 Å². The molecule has 0 aliphatic heterocycles. The number of aromatic nitrogens is 2. The van der Waals surface area contributed by atoms with Gasteiger partial charge in [0.1, 0.15) is 5.65 Å². The Kier molecular flexibility index (Phi) is 3.21. The highest BCUT2D eigenvalue weighted by Crippen LogP contribution is 2.29. The third-order valence-corrected chi connectivity index (χ3v) is 2.82. The minimum Gasteiger partial charge on any atom is -0.481 e. The molecule has 19 heavy (non-hydrogen) atoms. The number of pyridine rings is 1. The first-order valence-corrected chi connectivity index (χ1v) is 5.55. The van der Waals surface area contributed by atoms with E-state index < -0.39 is 17.7 Å². The normalized spacial score (nSPS) is 12.0. The van der Waals surface area contributed by atoms with Gasteiger partial charge < -0.3 is 9.51 Å². The van der Waals surface area contributed by atoms with Gasteiger partial charge in [0.15, 0.2) is 0 Å². The molecule has 2 aromatic rings. The van der Waals surface area contributed by atoms with Crippen LogP contribution in [0.4, 0.5) is 13.2 Å². The molecule has 0 amide bonds. The first-order valence-electron chi connectivity index (χ1n) is 5.55. The SMILES string of the molecule is Cc1nc2ccc(C(F)(F)F)cn2c1CCC(=O)O. The zero-order valence-electron chi connectivity index (χ0n) is 10.0. The molecule has 0 aliphatic rings. The topological polar surface area (TPSA) is 54.6 Å². The van der Waals surface area contributed by atoms with Crippen molar-refractivity contribution in [2.45, 2.75) is 25.9 Å². The van der Waals surface area contributed by atoms with E-state index in [0.717, 1.165) is 12.3 Å². The fraction of sp³-hybridized carbons (Fsp3) is 0.333. The molecule has 0 radical (unpaired) electrons. The Bertz CT molecular complexity index is 632. The van der Waals surface area contributed by atoms with Crippen molar-refractivity contribution in [2.75, 3.05) is 0 Å². The van der Waals surface area contributed by atoms with Crippen molar-refractivity contribution in [1.29, 1.82) is 0 Å². The Labute approximate surface area is 106 Å². The summed E-state index contributed by atoms with van der Waals surface area (Å²) in [7, 11) is 0. The molecular weight excluding hydrogens is 261 g/mol.